The molecule has 0 heterocycles. The number of halogens is 3. The van der Waals surface area contributed by atoms with Crippen LogP contribution in [0.1, 0.15) is 26.2 Å². The van der Waals surface area contributed by atoms with Gasteiger partial charge in [-0.3, -0.25) is 0 Å². The first-order valence-corrected chi connectivity index (χ1v) is 4.02. The first-order valence-electron chi connectivity index (χ1n) is 3.23. The largest absolute Gasteiger partial charge is 0.386 e. The molecule has 1 atom stereocenters. The standard InChI is InChI=1S/C6H11BrF2O/c1-2-3-4-5(10)6(7,8)9/h5,10H,2-4H2,1H3. The molecule has 1 nitrogen and oxygen atoms in total. The van der Waals surface area contributed by atoms with Crippen molar-refractivity contribution in [3.63, 3.8) is 0 Å². The van der Waals surface area contributed by atoms with E-state index in [1.165, 1.54) is 0 Å². The van der Waals surface area contributed by atoms with Crippen LogP contribution in [-0.4, -0.2) is 16.0 Å². The molecule has 0 aliphatic carbocycles. The lowest BCUT2D eigenvalue weighted by molar-refractivity contribution is -0.0325. The van der Waals surface area contributed by atoms with Gasteiger partial charge in [0.05, 0.1) is 0 Å². The maximum absolute atomic E-state index is 12.1. The predicted octanol–water partition coefficient (Wildman–Crippen LogP) is 2.53. The number of hydrogen-bond donors (Lipinski definition) is 1. The topological polar surface area (TPSA) is 20.2 Å². The van der Waals surface area contributed by atoms with Gasteiger partial charge in [0.15, 0.2) is 0 Å². The van der Waals surface area contributed by atoms with Gasteiger partial charge in [-0.15, -0.1) is 0 Å². The highest BCUT2D eigenvalue weighted by Gasteiger charge is 2.33. The zero-order valence-corrected chi connectivity index (χ0v) is 7.37. The van der Waals surface area contributed by atoms with E-state index in [9.17, 15) is 8.78 Å². The summed E-state index contributed by atoms with van der Waals surface area (Å²) in [5, 5.41) is 8.72. The maximum Gasteiger partial charge on any atom is 0.326 e. The molecule has 62 valence electrons. The van der Waals surface area contributed by atoms with Crippen molar-refractivity contribution in [3.05, 3.63) is 0 Å². The van der Waals surface area contributed by atoms with Crippen molar-refractivity contribution >= 4 is 15.9 Å². The van der Waals surface area contributed by atoms with Gasteiger partial charge < -0.3 is 5.11 Å². The summed E-state index contributed by atoms with van der Waals surface area (Å²) >= 11 is 2.09. The monoisotopic (exact) mass is 216 g/mol. The molecule has 0 spiro atoms. The van der Waals surface area contributed by atoms with Crippen molar-refractivity contribution in [2.24, 2.45) is 0 Å². The lowest BCUT2D eigenvalue weighted by atomic mass is 10.2. The summed E-state index contributed by atoms with van der Waals surface area (Å²) in [5.41, 5.74) is 0. The summed E-state index contributed by atoms with van der Waals surface area (Å²) < 4.78 is 24.2. The molecule has 0 saturated heterocycles. The lowest BCUT2D eigenvalue weighted by Crippen LogP contribution is -2.26. The third kappa shape index (κ3) is 4.17. The highest BCUT2D eigenvalue weighted by Crippen LogP contribution is 2.28. The highest BCUT2D eigenvalue weighted by atomic mass is 79.9. The van der Waals surface area contributed by atoms with Gasteiger partial charge in [0.25, 0.3) is 0 Å². The van der Waals surface area contributed by atoms with Gasteiger partial charge >= 0.3 is 4.83 Å². The fraction of sp³-hybridized carbons (Fsp3) is 1.00. The number of hydrogen-bond acceptors (Lipinski definition) is 1. The summed E-state index contributed by atoms with van der Waals surface area (Å²) in [6.07, 6.45) is 0.0458. The van der Waals surface area contributed by atoms with E-state index < -0.39 is 10.9 Å². The fourth-order valence-electron chi connectivity index (χ4n) is 0.561. The highest BCUT2D eigenvalue weighted by molar-refractivity contribution is 9.10. The molecule has 0 aliphatic heterocycles. The number of aliphatic hydroxyl groups excluding tert-OH is 1. The second kappa shape index (κ2) is 4.23. The van der Waals surface area contributed by atoms with E-state index in [1.54, 1.807) is 0 Å². The van der Waals surface area contributed by atoms with Gasteiger partial charge in [-0.05, 0) is 22.4 Å². The average Bonchev–Trinajstić information content (AvgIpc) is 1.80. The Bertz CT molecular complexity index is 92.2. The Kier molecular flexibility index (Phi) is 4.36. The molecule has 10 heavy (non-hydrogen) atoms. The van der Waals surface area contributed by atoms with E-state index in [4.69, 9.17) is 5.11 Å². The van der Waals surface area contributed by atoms with Gasteiger partial charge in [0, 0.05) is 0 Å². The Morgan fingerprint density at radius 1 is 1.60 bits per heavy atom. The molecule has 0 saturated carbocycles. The number of alkyl halides is 3. The van der Waals surface area contributed by atoms with Crippen LogP contribution in [0.4, 0.5) is 8.78 Å². The lowest BCUT2D eigenvalue weighted by Gasteiger charge is -2.15. The molecule has 0 radical (unpaired) electrons. The summed E-state index contributed by atoms with van der Waals surface area (Å²) in [5.74, 6) is 0. The molecule has 0 aromatic heterocycles. The zero-order valence-electron chi connectivity index (χ0n) is 5.78. The van der Waals surface area contributed by atoms with Crippen LogP contribution < -0.4 is 0 Å². The van der Waals surface area contributed by atoms with Crippen LogP contribution in [0.2, 0.25) is 0 Å². The van der Waals surface area contributed by atoms with Gasteiger partial charge in [-0.2, -0.15) is 8.78 Å². The second-order valence-corrected chi connectivity index (χ2v) is 3.26. The molecule has 4 heteroatoms. The van der Waals surface area contributed by atoms with Crippen molar-refractivity contribution in [1.82, 2.24) is 0 Å². The first-order chi connectivity index (χ1) is 4.48. The fourth-order valence-corrected chi connectivity index (χ4v) is 0.790. The molecule has 0 aromatic carbocycles. The molecule has 1 unspecified atom stereocenters. The second-order valence-electron chi connectivity index (χ2n) is 2.20. The van der Waals surface area contributed by atoms with E-state index in [2.05, 4.69) is 15.9 Å². The van der Waals surface area contributed by atoms with E-state index in [0.717, 1.165) is 6.42 Å². The van der Waals surface area contributed by atoms with Crippen LogP contribution >= 0.6 is 15.9 Å². The molecule has 1 N–H and O–H groups in total. The van der Waals surface area contributed by atoms with Crippen LogP contribution in [0.3, 0.4) is 0 Å². The Labute approximate surface area is 67.6 Å². The van der Waals surface area contributed by atoms with Gasteiger partial charge in [0.2, 0.25) is 0 Å². The molecular formula is C6H11BrF2O. The number of rotatable bonds is 4. The molecular weight excluding hydrogens is 206 g/mol. The third-order valence-corrected chi connectivity index (χ3v) is 1.74. The Balaban J connectivity index is 3.52. The van der Waals surface area contributed by atoms with Gasteiger partial charge in [-0.25, -0.2) is 0 Å². The molecule has 0 bridgehead atoms. The van der Waals surface area contributed by atoms with Gasteiger partial charge in [0.1, 0.15) is 6.10 Å². The Morgan fingerprint density at radius 3 is 2.40 bits per heavy atom. The molecule has 0 aliphatic rings. The van der Waals surface area contributed by atoms with E-state index in [-0.39, 0.29) is 6.42 Å². The quantitative estimate of drug-likeness (QED) is 0.717. The number of aliphatic hydroxyl groups is 1. The molecule has 0 rings (SSSR count). The van der Waals surface area contributed by atoms with Crippen LogP contribution in [0.5, 0.6) is 0 Å². The van der Waals surface area contributed by atoms with E-state index in [0.29, 0.717) is 6.42 Å². The van der Waals surface area contributed by atoms with Crippen molar-refractivity contribution in [3.8, 4) is 0 Å². The van der Waals surface area contributed by atoms with Crippen molar-refractivity contribution in [1.29, 1.82) is 0 Å². The summed E-state index contributed by atoms with van der Waals surface area (Å²) in [4.78, 5) is -3.12. The number of unbranched alkanes of at least 4 members (excludes halogenated alkanes) is 1. The maximum atomic E-state index is 12.1. The van der Waals surface area contributed by atoms with Crippen LogP contribution in [-0.2, 0) is 0 Å². The third-order valence-electron chi connectivity index (χ3n) is 1.21. The minimum atomic E-state index is -3.12. The smallest absolute Gasteiger partial charge is 0.326 e. The predicted molar refractivity (Wildman–Crippen MR) is 39.4 cm³/mol. The SMILES string of the molecule is CCCCC(O)C(F)(F)Br. The summed E-state index contributed by atoms with van der Waals surface area (Å²) in [6.45, 7) is 1.89. The summed E-state index contributed by atoms with van der Waals surface area (Å²) in [6, 6.07) is 0. The average molecular weight is 217 g/mol. The molecule has 0 aromatic rings. The van der Waals surface area contributed by atoms with Crippen LogP contribution in [0.15, 0.2) is 0 Å². The van der Waals surface area contributed by atoms with Crippen molar-refractivity contribution in [2.75, 3.05) is 0 Å². The van der Waals surface area contributed by atoms with Crippen molar-refractivity contribution in [2.45, 2.75) is 37.1 Å². The first kappa shape index (κ1) is 10.3. The Morgan fingerprint density at radius 2 is 2.10 bits per heavy atom. The normalized spacial score (nSPS) is 15.3. The summed E-state index contributed by atoms with van der Waals surface area (Å²) in [7, 11) is 0. The minimum Gasteiger partial charge on any atom is -0.386 e. The zero-order chi connectivity index (χ0) is 8.20. The van der Waals surface area contributed by atoms with E-state index >= 15 is 0 Å². The van der Waals surface area contributed by atoms with Crippen molar-refractivity contribution < 1.29 is 13.9 Å². The molecule has 0 amide bonds. The van der Waals surface area contributed by atoms with E-state index in [1.807, 2.05) is 6.92 Å². The van der Waals surface area contributed by atoms with Crippen LogP contribution in [0, 0.1) is 0 Å². The minimum absolute atomic E-state index is 0.148. The molecule has 0 fully saturated rings. The van der Waals surface area contributed by atoms with Crippen LogP contribution in [0.25, 0.3) is 0 Å². The Hall–Kier alpha value is 0.300. The van der Waals surface area contributed by atoms with Gasteiger partial charge in [-0.1, -0.05) is 19.8 Å².